The Labute approximate surface area is 258 Å². The number of aromatic nitrogens is 1. The molecule has 0 amide bonds. The van der Waals surface area contributed by atoms with Gasteiger partial charge in [-0.15, -0.1) is 0 Å². The van der Waals surface area contributed by atoms with Gasteiger partial charge in [0.25, 0.3) is 11.2 Å². The summed E-state index contributed by atoms with van der Waals surface area (Å²) < 4.78 is 24.0. The number of furan rings is 1. The Bertz CT molecular complexity index is 1960. The van der Waals surface area contributed by atoms with Gasteiger partial charge in [0.2, 0.25) is 0 Å². The first kappa shape index (κ1) is 30.1. The van der Waals surface area contributed by atoms with Crippen LogP contribution in [0.1, 0.15) is 31.2 Å². The number of thiazole rings is 1. The smallest absolute Gasteiger partial charge is 0.337 e. The number of nitro groups is 1. The number of benzene rings is 2. The minimum Gasteiger partial charge on any atom is -0.490 e. The number of nitrogens with zero attached hydrogens (tertiary/aromatic N) is 3. The number of fused-ring (bicyclic) bond motifs is 1. The van der Waals surface area contributed by atoms with E-state index < -0.39 is 22.5 Å². The second kappa shape index (κ2) is 12.5. The molecule has 5 rings (SSSR count). The minimum atomic E-state index is -0.860. The summed E-state index contributed by atoms with van der Waals surface area (Å²) in [5, 5.41) is 11.4. The minimum absolute atomic E-state index is 0.103. The average molecular weight is 644 g/mol. The molecule has 3 heterocycles. The standard InChI is InChI=1S/C29H23Cl2N3O8S/c1-4-40-23-8-6-15(10-24(23)41-5-2)26-18(28(36)39-3)14-32-29-33(26)27(35)25(43-29)11-16-7-9-22(42-16)17-12-21(34(37)38)20(31)13-19(17)30/h6-14,26H,4-5H2,1-3H3/b25-11-/t26-/m0/s1. The zero-order valence-corrected chi connectivity index (χ0v) is 25.3. The van der Waals surface area contributed by atoms with Crippen LogP contribution in [0.4, 0.5) is 5.69 Å². The quantitative estimate of drug-likeness (QED) is 0.136. The summed E-state index contributed by atoms with van der Waals surface area (Å²) in [6, 6.07) is 10.0. The summed E-state index contributed by atoms with van der Waals surface area (Å²) in [5.74, 6) is 0.891. The Hall–Kier alpha value is -4.39. The van der Waals surface area contributed by atoms with Crippen LogP contribution in [0.25, 0.3) is 17.4 Å². The van der Waals surface area contributed by atoms with Crippen molar-refractivity contribution < 1.29 is 28.3 Å². The monoisotopic (exact) mass is 643 g/mol. The fourth-order valence-corrected chi connectivity index (χ4v) is 6.05. The molecule has 2 aromatic carbocycles. The van der Waals surface area contributed by atoms with Crippen molar-refractivity contribution in [2.75, 3.05) is 20.3 Å². The molecule has 14 heteroatoms. The number of nitro benzene ring substituents is 1. The van der Waals surface area contributed by atoms with Crippen LogP contribution < -0.4 is 24.4 Å². The second-order valence-corrected chi connectivity index (χ2v) is 10.8. The highest BCUT2D eigenvalue weighted by molar-refractivity contribution is 7.07. The lowest BCUT2D eigenvalue weighted by atomic mass is 9.97. The van der Waals surface area contributed by atoms with E-state index in [1.165, 1.54) is 36.1 Å². The number of hydrogen-bond donors (Lipinski definition) is 0. The maximum Gasteiger partial charge on any atom is 0.337 e. The van der Waals surface area contributed by atoms with Crippen LogP contribution in [0.2, 0.25) is 10.0 Å². The Kier molecular flexibility index (Phi) is 8.71. The van der Waals surface area contributed by atoms with Crippen LogP contribution in [0, 0.1) is 10.1 Å². The fourth-order valence-electron chi connectivity index (χ4n) is 4.56. The van der Waals surface area contributed by atoms with Crippen LogP contribution in [-0.4, -0.2) is 35.8 Å². The first-order chi connectivity index (χ1) is 20.7. The molecular formula is C29H23Cl2N3O8S. The number of rotatable bonds is 9. The summed E-state index contributed by atoms with van der Waals surface area (Å²) in [4.78, 5) is 42.1. The van der Waals surface area contributed by atoms with E-state index in [4.69, 9.17) is 41.8 Å². The van der Waals surface area contributed by atoms with Crippen LogP contribution >= 0.6 is 34.5 Å². The molecule has 0 saturated carbocycles. The van der Waals surface area contributed by atoms with Crippen molar-refractivity contribution in [3.05, 3.63) is 105 Å². The molecule has 43 heavy (non-hydrogen) atoms. The zero-order chi connectivity index (χ0) is 30.8. The lowest BCUT2D eigenvalue weighted by Gasteiger charge is -2.23. The van der Waals surface area contributed by atoms with E-state index in [1.54, 1.807) is 30.3 Å². The van der Waals surface area contributed by atoms with Gasteiger partial charge >= 0.3 is 5.97 Å². The van der Waals surface area contributed by atoms with Gasteiger partial charge in [0.15, 0.2) is 16.3 Å². The summed E-state index contributed by atoms with van der Waals surface area (Å²) in [6.45, 7) is 4.51. The van der Waals surface area contributed by atoms with Crippen molar-refractivity contribution in [2.45, 2.75) is 19.9 Å². The molecule has 0 bridgehead atoms. The Morgan fingerprint density at radius 2 is 1.86 bits per heavy atom. The number of hydrogen-bond acceptors (Lipinski definition) is 10. The van der Waals surface area contributed by atoms with Gasteiger partial charge < -0.3 is 18.6 Å². The normalized spacial score (nSPS) is 14.5. The van der Waals surface area contributed by atoms with E-state index in [-0.39, 0.29) is 42.9 Å². The van der Waals surface area contributed by atoms with Gasteiger partial charge in [0, 0.05) is 23.9 Å². The highest BCUT2D eigenvalue weighted by Gasteiger charge is 2.31. The van der Waals surface area contributed by atoms with Crippen molar-refractivity contribution in [1.82, 2.24) is 4.57 Å². The third kappa shape index (κ3) is 5.81. The molecule has 0 radical (unpaired) electrons. The topological polar surface area (TPSA) is 135 Å². The van der Waals surface area contributed by atoms with E-state index in [0.29, 0.717) is 35.1 Å². The maximum atomic E-state index is 13.8. The van der Waals surface area contributed by atoms with E-state index >= 15 is 0 Å². The number of halogens is 2. The number of carbonyl (C=O) groups is 1. The van der Waals surface area contributed by atoms with Crippen molar-refractivity contribution >= 4 is 52.3 Å². The lowest BCUT2D eigenvalue weighted by molar-refractivity contribution is -0.384. The Morgan fingerprint density at radius 1 is 1.12 bits per heavy atom. The van der Waals surface area contributed by atoms with Crippen molar-refractivity contribution in [2.24, 2.45) is 4.99 Å². The average Bonchev–Trinajstić information content (AvgIpc) is 3.57. The van der Waals surface area contributed by atoms with Crippen LogP contribution in [0.15, 0.2) is 68.4 Å². The van der Waals surface area contributed by atoms with E-state index in [2.05, 4.69) is 4.99 Å². The van der Waals surface area contributed by atoms with Crippen LogP contribution in [0.3, 0.4) is 0 Å². The van der Waals surface area contributed by atoms with Gasteiger partial charge in [-0.1, -0.05) is 40.6 Å². The highest BCUT2D eigenvalue weighted by Crippen LogP contribution is 2.38. The molecular weight excluding hydrogens is 621 g/mol. The number of carbonyl (C=O) groups excluding carboxylic acids is 1. The van der Waals surface area contributed by atoms with Crippen LogP contribution in [-0.2, 0) is 9.53 Å². The van der Waals surface area contributed by atoms with Gasteiger partial charge in [-0.3, -0.25) is 19.5 Å². The first-order valence-electron chi connectivity index (χ1n) is 12.9. The largest absolute Gasteiger partial charge is 0.490 e. The second-order valence-electron chi connectivity index (χ2n) is 8.99. The first-order valence-corrected chi connectivity index (χ1v) is 14.5. The van der Waals surface area contributed by atoms with Gasteiger partial charge in [0.1, 0.15) is 16.5 Å². The number of ether oxygens (including phenoxy) is 3. The number of methoxy groups -OCH3 is 1. The Balaban J connectivity index is 1.61. The van der Waals surface area contributed by atoms with Crippen molar-refractivity contribution in [3.63, 3.8) is 0 Å². The van der Waals surface area contributed by atoms with Crippen molar-refractivity contribution in [3.8, 4) is 22.8 Å². The molecule has 0 N–H and O–H groups in total. The van der Waals surface area contributed by atoms with Gasteiger partial charge in [-0.2, -0.15) is 0 Å². The van der Waals surface area contributed by atoms with E-state index in [1.807, 2.05) is 13.8 Å². The molecule has 0 saturated heterocycles. The summed E-state index contributed by atoms with van der Waals surface area (Å²) in [6.07, 6.45) is 2.91. The third-order valence-electron chi connectivity index (χ3n) is 6.41. The number of esters is 1. The predicted molar refractivity (Wildman–Crippen MR) is 161 cm³/mol. The SMILES string of the molecule is CCOc1ccc([C@H]2C(C(=O)OC)=CN=c3s/c(=C\c4ccc(-c5cc([N+](=O)[O-])c(Cl)cc5Cl)o4)c(=O)n32)cc1OCC. The molecule has 0 spiro atoms. The van der Waals surface area contributed by atoms with E-state index in [0.717, 1.165) is 11.3 Å². The highest BCUT2D eigenvalue weighted by atomic mass is 35.5. The molecule has 11 nitrogen and oxygen atoms in total. The molecule has 4 aromatic rings. The Morgan fingerprint density at radius 3 is 2.56 bits per heavy atom. The zero-order valence-electron chi connectivity index (χ0n) is 23.0. The van der Waals surface area contributed by atoms with Gasteiger partial charge in [-0.25, -0.2) is 9.79 Å². The maximum absolute atomic E-state index is 13.8. The van der Waals surface area contributed by atoms with E-state index in [9.17, 15) is 19.7 Å². The van der Waals surface area contributed by atoms with Crippen molar-refractivity contribution in [1.29, 1.82) is 0 Å². The molecule has 222 valence electrons. The fraction of sp³-hybridized carbons (Fsp3) is 0.207. The molecule has 0 unspecified atom stereocenters. The van der Waals surface area contributed by atoms with Crippen LogP contribution in [0.5, 0.6) is 11.5 Å². The molecule has 0 fully saturated rings. The molecule has 2 aromatic heterocycles. The summed E-state index contributed by atoms with van der Waals surface area (Å²) in [5.41, 5.74) is 0.267. The molecule has 1 aliphatic heterocycles. The molecule has 1 aliphatic rings. The molecule has 0 aliphatic carbocycles. The predicted octanol–water partition coefficient (Wildman–Crippen LogP) is 5.29. The summed E-state index contributed by atoms with van der Waals surface area (Å²) >= 11 is 13.3. The molecule has 1 atom stereocenters. The summed E-state index contributed by atoms with van der Waals surface area (Å²) in [7, 11) is 1.26. The van der Waals surface area contributed by atoms with Gasteiger partial charge in [-0.05, 0) is 49.7 Å². The third-order valence-corrected chi connectivity index (χ3v) is 8.02. The lowest BCUT2D eigenvalue weighted by Crippen LogP contribution is -2.39. The van der Waals surface area contributed by atoms with Gasteiger partial charge in [0.05, 0.1) is 46.4 Å².